The zero-order chi connectivity index (χ0) is 12.3. The first-order chi connectivity index (χ1) is 8.24. The van der Waals surface area contributed by atoms with Gasteiger partial charge in [0.1, 0.15) is 0 Å². The largest absolute Gasteiger partial charge is 0.320 e. The number of hydrogen-bond acceptors (Lipinski definition) is 3. The van der Waals surface area contributed by atoms with Gasteiger partial charge in [-0.3, -0.25) is 4.79 Å². The highest BCUT2D eigenvalue weighted by atomic mass is 32.2. The molecule has 0 aliphatic carbocycles. The van der Waals surface area contributed by atoms with Crippen LogP contribution in [-0.2, 0) is 11.2 Å². The SMILES string of the molecule is CSCC[C@@H](N)C(=O)N1CCc2ccccc21. The van der Waals surface area contributed by atoms with Crippen LogP contribution in [0.3, 0.4) is 0 Å². The highest BCUT2D eigenvalue weighted by molar-refractivity contribution is 7.98. The summed E-state index contributed by atoms with van der Waals surface area (Å²) in [5.41, 5.74) is 8.22. The molecule has 1 amide bonds. The summed E-state index contributed by atoms with van der Waals surface area (Å²) in [5, 5.41) is 0. The Hall–Kier alpha value is -1.00. The van der Waals surface area contributed by atoms with Crippen LogP contribution in [0.4, 0.5) is 5.69 Å². The highest BCUT2D eigenvalue weighted by Gasteiger charge is 2.27. The van der Waals surface area contributed by atoms with E-state index in [1.54, 1.807) is 11.8 Å². The van der Waals surface area contributed by atoms with Crippen LogP contribution in [0.2, 0.25) is 0 Å². The van der Waals surface area contributed by atoms with Gasteiger partial charge in [-0.1, -0.05) is 18.2 Å². The van der Waals surface area contributed by atoms with Crippen molar-refractivity contribution in [2.24, 2.45) is 5.73 Å². The fourth-order valence-corrected chi connectivity index (χ4v) is 2.63. The molecule has 0 fully saturated rings. The molecule has 2 N–H and O–H groups in total. The van der Waals surface area contributed by atoms with Crippen molar-refractivity contribution in [3.8, 4) is 0 Å². The number of carbonyl (C=O) groups is 1. The lowest BCUT2D eigenvalue weighted by Crippen LogP contribution is -2.43. The molecule has 4 heteroatoms. The summed E-state index contributed by atoms with van der Waals surface area (Å²) >= 11 is 1.72. The van der Waals surface area contributed by atoms with Gasteiger partial charge in [-0.15, -0.1) is 0 Å². The molecule has 0 radical (unpaired) electrons. The fourth-order valence-electron chi connectivity index (χ4n) is 2.14. The normalized spacial score (nSPS) is 15.8. The van der Waals surface area contributed by atoms with Gasteiger partial charge in [-0.05, 0) is 36.5 Å². The number of anilines is 1. The topological polar surface area (TPSA) is 46.3 Å². The molecule has 0 aromatic heterocycles. The molecule has 1 aromatic carbocycles. The summed E-state index contributed by atoms with van der Waals surface area (Å²) in [4.78, 5) is 14.0. The lowest BCUT2D eigenvalue weighted by molar-refractivity contribution is -0.119. The number of rotatable bonds is 4. The van der Waals surface area contributed by atoms with Crippen LogP contribution in [0, 0.1) is 0 Å². The predicted molar refractivity (Wildman–Crippen MR) is 73.5 cm³/mol. The predicted octanol–water partition coefficient (Wildman–Crippen LogP) is 1.66. The van der Waals surface area contributed by atoms with Crippen LogP contribution >= 0.6 is 11.8 Å². The summed E-state index contributed by atoms with van der Waals surface area (Å²) < 4.78 is 0. The Morgan fingerprint density at radius 2 is 2.29 bits per heavy atom. The third-order valence-electron chi connectivity index (χ3n) is 3.10. The van der Waals surface area contributed by atoms with Gasteiger partial charge < -0.3 is 10.6 Å². The number of hydrogen-bond donors (Lipinski definition) is 1. The average molecular weight is 250 g/mol. The number of nitrogens with zero attached hydrogens (tertiary/aromatic N) is 1. The van der Waals surface area contributed by atoms with Gasteiger partial charge in [0.2, 0.25) is 5.91 Å². The quantitative estimate of drug-likeness (QED) is 0.884. The van der Waals surface area contributed by atoms with Crippen LogP contribution in [0.15, 0.2) is 24.3 Å². The maximum atomic E-state index is 12.2. The van der Waals surface area contributed by atoms with Crippen molar-refractivity contribution >= 4 is 23.4 Å². The maximum absolute atomic E-state index is 12.2. The molecule has 0 bridgehead atoms. The number of amides is 1. The van der Waals surface area contributed by atoms with Crippen LogP contribution in [0.1, 0.15) is 12.0 Å². The number of thioether (sulfide) groups is 1. The van der Waals surface area contributed by atoms with Crippen molar-refractivity contribution in [2.45, 2.75) is 18.9 Å². The second-order valence-electron chi connectivity index (χ2n) is 4.26. The van der Waals surface area contributed by atoms with E-state index in [1.165, 1.54) is 5.56 Å². The lowest BCUT2D eigenvalue weighted by Gasteiger charge is -2.21. The first-order valence-electron chi connectivity index (χ1n) is 5.88. The van der Waals surface area contributed by atoms with E-state index in [9.17, 15) is 4.79 Å². The molecule has 1 atom stereocenters. The Morgan fingerprint density at radius 1 is 1.53 bits per heavy atom. The second kappa shape index (κ2) is 5.56. The van der Waals surface area contributed by atoms with Gasteiger partial charge in [0, 0.05) is 12.2 Å². The standard InChI is InChI=1S/C13H18N2OS/c1-17-9-7-11(14)13(16)15-8-6-10-4-2-3-5-12(10)15/h2-5,11H,6-9,14H2,1H3/t11-/m1/s1. The molecule has 0 saturated carbocycles. The van der Waals surface area contributed by atoms with Crippen LogP contribution < -0.4 is 10.6 Å². The minimum absolute atomic E-state index is 0.0593. The minimum atomic E-state index is -0.367. The Morgan fingerprint density at radius 3 is 3.06 bits per heavy atom. The lowest BCUT2D eigenvalue weighted by atomic mass is 10.1. The maximum Gasteiger partial charge on any atom is 0.243 e. The molecule has 3 nitrogen and oxygen atoms in total. The average Bonchev–Trinajstić information content (AvgIpc) is 2.78. The monoisotopic (exact) mass is 250 g/mol. The van der Waals surface area contributed by atoms with Crippen molar-refractivity contribution in [2.75, 3.05) is 23.5 Å². The van der Waals surface area contributed by atoms with Gasteiger partial charge in [0.05, 0.1) is 6.04 Å². The molecule has 2 rings (SSSR count). The zero-order valence-electron chi connectivity index (χ0n) is 10.1. The molecule has 1 aromatic rings. The van der Waals surface area contributed by atoms with Crippen molar-refractivity contribution < 1.29 is 4.79 Å². The smallest absolute Gasteiger partial charge is 0.243 e. The molecule has 92 valence electrons. The fraction of sp³-hybridized carbons (Fsp3) is 0.462. The molecule has 1 heterocycles. The Bertz CT molecular complexity index is 408. The number of benzene rings is 1. The van der Waals surface area contributed by atoms with E-state index in [2.05, 4.69) is 6.07 Å². The van der Waals surface area contributed by atoms with Gasteiger partial charge in [-0.25, -0.2) is 0 Å². The number of carbonyl (C=O) groups excluding carboxylic acids is 1. The van der Waals surface area contributed by atoms with E-state index in [1.807, 2.05) is 29.4 Å². The minimum Gasteiger partial charge on any atom is -0.320 e. The second-order valence-corrected chi connectivity index (χ2v) is 5.24. The summed E-state index contributed by atoms with van der Waals surface area (Å²) in [6.45, 7) is 0.769. The van der Waals surface area contributed by atoms with E-state index < -0.39 is 0 Å². The summed E-state index contributed by atoms with van der Waals surface area (Å²) in [5.74, 6) is 0.992. The van der Waals surface area contributed by atoms with E-state index in [-0.39, 0.29) is 11.9 Å². The molecule has 0 unspecified atom stereocenters. The molecule has 0 saturated heterocycles. The summed E-state index contributed by atoms with van der Waals surface area (Å²) in [6, 6.07) is 7.70. The first kappa shape index (κ1) is 12.5. The Balaban J connectivity index is 2.07. The molecular formula is C13H18N2OS. The third kappa shape index (κ3) is 2.64. The summed E-state index contributed by atoms with van der Waals surface area (Å²) in [7, 11) is 0. The van der Waals surface area contributed by atoms with Gasteiger partial charge in [0.25, 0.3) is 0 Å². The van der Waals surface area contributed by atoms with E-state index in [4.69, 9.17) is 5.73 Å². The van der Waals surface area contributed by atoms with E-state index >= 15 is 0 Å². The number of para-hydroxylation sites is 1. The Labute approximate surface area is 106 Å². The van der Waals surface area contributed by atoms with E-state index in [0.717, 1.165) is 30.8 Å². The molecule has 17 heavy (non-hydrogen) atoms. The van der Waals surface area contributed by atoms with Crippen molar-refractivity contribution in [3.05, 3.63) is 29.8 Å². The molecular weight excluding hydrogens is 232 g/mol. The first-order valence-corrected chi connectivity index (χ1v) is 7.27. The Kier molecular flexibility index (Phi) is 4.07. The molecule has 1 aliphatic rings. The molecule has 0 spiro atoms. The van der Waals surface area contributed by atoms with E-state index in [0.29, 0.717) is 0 Å². The van der Waals surface area contributed by atoms with Gasteiger partial charge in [0.15, 0.2) is 0 Å². The van der Waals surface area contributed by atoms with Crippen molar-refractivity contribution in [1.29, 1.82) is 0 Å². The van der Waals surface area contributed by atoms with Crippen LogP contribution in [0.5, 0.6) is 0 Å². The van der Waals surface area contributed by atoms with Crippen LogP contribution in [-0.4, -0.2) is 30.5 Å². The van der Waals surface area contributed by atoms with Gasteiger partial charge in [-0.2, -0.15) is 11.8 Å². The van der Waals surface area contributed by atoms with Crippen molar-refractivity contribution in [3.63, 3.8) is 0 Å². The van der Waals surface area contributed by atoms with Crippen molar-refractivity contribution in [1.82, 2.24) is 0 Å². The van der Waals surface area contributed by atoms with Crippen LogP contribution in [0.25, 0.3) is 0 Å². The number of nitrogens with two attached hydrogens (primary N) is 1. The third-order valence-corrected chi connectivity index (χ3v) is 3.75. The van der Waals surface area contributed by atoms with Gasteiger partial charge >= 0.3 is 0 Å². The number of fused-ring (bicyclic) bond motifs is 1. The zero-order valence-corrected chi connectivity index (χ0v) is 10.9. The highest BCUT2D eigenvalue weighted by Crippen LogP contribution is 2.27. The molecule has 1 aliphatic heterocycles. The summed E-state index contributed by atoms with van der Waals surface area (Å²) in [6.07, 6.45) is 3.72.